The van der Waals surface area contributed by atoms with E-state index < -0.39 is 11.3 Å². The van der Waals surface area contributed by atoms with Gasteiger partial charge in [-0.15, -0.1) is 0 Å². The Labute approximate surface area is 75.6 Å². The zero-order valence-corrected chi connectivity index (χ0v) is 7.67. The molecule has 4 heteroatoms. The molecule has 1 heterocycles. The van der Waals surface area contributed by atoms with E-state index in [1.54, 1.807) is 0 Å². The molecule has 0 bridgehead atoms. The third-order valence-corrected chi connectivity index (χ3v) is 2.21. The van der Waals surface area contributed by atoms with Crippen LogP contribution in [0, 0.1) is 0 Å². The molecule has 13 heavy (non-hydrogen) atoms. The summed E-state index contributed by atoms with van der Waals surface area (Å²) in [6, 6.07) is 0. The Morgan fingerprint density at radius 3 is 2.62 bits per heavy atom. The first-order valence-corrected chi connectivity index (χ1v) is 4.30. The van der Waals surface area contributed by atoms with E-state index in [-0.39, 0.29) is 11.7 Å². The van der Waals surface area contributed by atoms with Gasteiger partial charge in [0.15, 0.2) is 11.4 Å². The highest BCUT2D eigenvalue weighted by atomic mass is 19.1. The van der Waals surface area contributed by atoms with Crippen molar-refractivity contribution in [3.05, 3.63) is 17.8 Å². The average molecular weight is 185 g/mol. The number of hydrogen-bond donors (Lipinski definition) is 1. The highest BCUT2D eigenvalue weighted by molar-refractivity contribution is 5.12. The summed E-state index contributed by atoms with van der Waals surface area (Å²) in [6.45, 7) is 2.79. The van der Waals surface area contributed by atoms with E-state index in [4.69, 9.17) is 4.42 Å². The Hall–Kier alpha value is -0.900. The third-order valence-electron chi connectivity index (χ3n) is 2.21. The molecule has 0 saturated heterocycles. The predicted octanol–water partition coefficient (Wildman–Crippen LogP) is 1.86. The lowest BCUT2D eigenvalue weighted by molar-refractivity contribution is 0.103. The molecule has 0 amide bonds. The zero-order valence-electron chi connectivity index (χ0n) is 7.67. The van der Waals surface area contributed by atoms with Gasteiger partial charge in [0.05, 0.1) is 6.20 Å². The van der Waals surface area contributed by atoms with Crippen LogP contribution in [0.4, 0.5) is 4.39 Å². The molecule has 72 valence electrons. The molecule has 1 fully saturated rings. The Kier molecular flexibility index (Phi) is 1.55. The smallest absolute Gasteiger partial charge is 0.226 e. The van der Waals surface area contributed by atoms with Crippen LogP contribution in [-0.2, 0) is 11.3 Å². The second kappa shape index (κ2) is 2.32. The summed E-state index contributed by atoms with van der Waals surface area (Å²) in [4.78, 5) is 3.86. The number of rotatable bonds is 2. The summed E-state index contributed by atoms with van der Waals surface area (Å²) < 4.78 is 18.5. The van der Waals surface area contributed by atoms with Gasteiger partial charge < -0.3 is 9.52 Å². The maximum Gasteiger partial charge on any atom is 0.226 e. The first-order valence-electron chi connectivity index (χ1n) is 4.30. The molecule has 0 unspecified atom stereocenters. The number of hydrogen-bond acceptors (Lipinski definition) is 3. The minimum Gasteiger partial charge on any atom is -0.439 e. The molecule has 1 N–H and O–H groups in total. The molecule has 1 saturated carbocycles. The van der Waals surface area contributed by atoms with Crippen molar-refractivity contribution in [1.29, 1.82) is 0 Å². The van der Waals surface area contributed by atoms with Crippen molar-refractivity contribution in [2.45, 2.75) is 38.0 Å². The van der Waals surface area contributed by atoms with Crippen molar-refractivity contribution in [1.82, 2.24) is 4.98 Å². The van der Waals surface area contributed by atoms with Crippen LogP contribution in [0.5, 0.6) is 0 Å². The van der Waals surface area contributed by atoms with Gasteiger partial charge in [-0.05, 0) is 26.7 Å². The van der Waals surface area contributed by atoms with Gasteiger partial charge in [0.1, 0.15) is 5.60 Å². The number of nitrogens with zero attached hydrogens (tertiary/aromatic N) is 1. The summed E-state index contributed by atoms with van der Waals surface area (Å²) in [5, 5.41) is 9.60. The highest BCUT2D eigenvalue weighted by Gasteiger charge is 2.47. The summed E-state index contributed by atoms with van der Waals surface area (Å²) in [6.07, 6.45) is 2.64. The highest BCUT2D eigenvalue weighted by Crippen LogP contribution is 2.45. The second-order valence-electron chi connectivity index (χ2n) is 4.03. The fourth-order valence-corrected chi connectivity index (χ4v) is 1.10. The van der Waals surface area contributed by atoms with Gasteiger partial charge in [-0.3, -0.25) is 0 Å². The molecule has 2 rings (SSSR count). The van der Waals surface area contributed by atoms with Gasteiger partial charge in [-0.25, -0.2) is 9.37 Å². The van der Waals surface area contributed by atoms with Crippen LogP contribution in [-0.4, -0.2) is 10.1 Å². The molecule has 1 aromatic rings. The number of aromatic nitrogens is 1. The Morgan fingerprint density at radius 2 is 2.23 bits per heavy atom. The number of halogens is 1. The maximum atomic E-state index is 13.3. The van der Waals surface area contributed by atoms with Crippen LogP contribution in [0.2, 0.25) is 0 Å². The molecule has 1 aliphatic carbocycles. The first kappa shape index (κ1) is 8.69. The minimum absolute atomic E-state index is 0.169. The van der Waals surface area contributed by atoms with E-state index in [9.17, 15) is 9.50 Å². The zero-order chi connectivity index (χ0) is 9.69. The quantitative estimate of drug-likeness (QED) is 0.764. The lowest BCUT2D eigenvalue weighted by atomic mass is 10.1. The Bertz CT molecular complexity index is 303. The fraction of sp³-hybridized carbons (Fsp3) is 0.667. The molecule has 0 atom stereocenters. The average Bonchev–Trinajstić information content (AvgIpc) is 2.60. The summed E-state index contributed by atoms with van der Waals surface area (Å²) in [5.41, 5.74) is -2.44. The summed E-state index contributed by atoms with van der Waals surface area (Å²) in [7, 11) is 0. The van der Waals surface area contributed by atoms with Gasteiger partial charge in [0.25, 0.3) is 0 Å². The van der Waals surface area contributed by atoms with Crippen molar-refractivity contribution in [2.75, 3.05) is 0 Å². The molecule has 1 aliphatic rings. The first-order chi connectivity index (χ1) is 5.92. The van der Waals surface area contributed by atoms with Crippen LogP contribution < -0.4 is 0 Å². The SMILES string of the molecule is CC(C)(F)c1cnc(C2(O)CC2)o1. The van der Waals surface area contributed by atoms with Gasteiger partial charge in [0, 0.05) is 0 Å². The predicted molar refractivity (Wildman–Crippen MR) is 43.8 cm³/mol. The van der Waals surface area contributed by atoms with E-state index in [0.29, 0.717) is 12.8 Å². The lowest BCUT2D eigenvalue weighted by Gasteiger charge is -2.09. The van der Waals surface area contributed by atoms with Crippen molar-refractivity contribution < 1.29 is 13.9 Å². The van der Waals surface area contributed by atoms with Crippen LogP contribution in [0.25, 0.3) is 0 Å². The van der Waals surface area contributed by atoms with Crippen molar-refractivity contribution in [2.24, 2.45) is 0 Å². The molecular formula is C9H12FNO2. The van der Waals surface area contributed by atoms with Crippen molar-refractivity contribution in [3.63, 3.8) is 0 Å². The van der Waals surface area contributed by atoms with E-state index in [1.165, 1.54) is 20.0 Å². The van der Waals surface area contributed by atoms with Gasteiger partial charge >= 0.3 is 0 Å². The summed E-state index contributed by atoms with van der Waals surface area (Å²) >= 11 is 0. The lowest BCUT2D eigenvalue weighted by Crippen LogP contribution is -2.08. The minimum atomic E-state index is -1.53. The molecule has 0 aromatic carbocycles. The largest absolute Gasteiger partial charge is 0.439 e. The van der Waals surface area contributed by atoms with Crippen LogP contribution >= 0.6 is 0 Å². The monoisotopic (exact) mass is 185 g/mol. The number of alkyl halides is 1. The van der Waals surface area contributed by atoms with E-state index in [1.807, 2.05) is 0 Å². The molecule has 0 radical (unpaired) electrons. The van der Waals surface area contributed by atoms with Crippen LogP contribution in [0.15, 0.2) is 10.6 Å². The maximum absolute atomic E-state index is 13.3. The van der Waals surface area contributed by atoms with Crippen LogP contribution in [0.1, 0.15) is 38.3 Å². The normalized spacial score (nSPS) is 20.3. The number of aliphatic hydroxyl groups is 1. The van der Waals surface area contributed by atoms with E-state index >= 15 is 0 Å². The molecule has 1 aromatic heterocycles. The standard InChI is InChI=1S/C9H12FNO2/c1-8(2,10)6-5-11-7(13-6)9(12)3-4-9/h5,12H,3-4H2,1-2H3. The van der Waals surface area contributed by atoms with Gasteiger partial charge in [0.2, 0.25) is 5.89 Å². The van der Waals surface area contributed by atoms with Gasteiger partial charge in [-0.1, -0.05) is 0 Å². The van der Waals surface area contributed by atoms with E-state index in [2.05, 4.69) is 4.98 Å². The summed E-state index contributed by atoms with van der Waals surface area (Å²) in [5.74, 6) is 0.413. The molecule has 3 nitrogen and oxygen atoms in total. The van der Waals surface area contributed by atoms with Crippen LogP contribution in [0.3, 0.4) is 0 Å². The van der Waals surface area contributed by atoms with E-state index in [0.717, 1.165) is 0 Å². The Morgan fingerprint density at radius 1 is 1.62 bits per heavy atom. The molecule has 0 aliphatic heterocycles. The second-order valence-corrected chi connectivity index (χ2v) is 4.03. The van der Waals surface area contributed by atoms with Crippen molar-refractivity contribution in [3.8, 4) is 0 Å². The third kappa shape index (κ3) is 1.46. The topological polar surface area (TPSA) is 46.3 Å². The Balaban J connectivity index is 2.29. The van der Waals surface area contributed by atoms with Gasteiger partial charge in [-0.2, -0.15) is 0 Å². The molecule has 0 spiro atoms. The van der Waals surface area contributed by atoms with Crippen molar-refractivity contribution >= 4 is 0 Å². The fourth-order valence-electron chi connectivity index (χ4n) is 1.10. The molecular weight excluding hydrogens is 173 g/mol. The number of oxazole rings is 1.